The summed E-state index contributed by atoms with van der Waals surface area (Å²) in [4.78, 5) is 146. The fourth-order valence-electron chi connectivity index (χ4n) is 12.7. The number of aliphatic hydroxyl groups is 3. The first-order valence-electron chi connectivity index (χ1n) is 43.7. The predicted molar refractivity (Wildman–Crippen MR) is 519 cm³/mol. The molecule has 2 aliphatic rings. The molecule has 0 radical (unpaired) electrons. The number of nitro benzene ring substituents is 4. The van der Waals surface area contributed by atoms with Crippen LogP contribution in [0.3, 0.4) is 0 Å². The van der Waals surface area contributed by atoms with E-state index in [4.69, 9.17) is 94.0 Å². The molecule has 51 nitrogen and oxygen atoms in total. The van der Waals surface area contributed by atoms with Crippen molar-refractivity contribution in [3.8, 4) is 48.5 Å². The number of non-ortho nitro benzene ring substituents is 1. The van der Waals surface area contributed by atoms with Gasteiger partial charge in [-0.1, -0.05) is 85.5 Å². The van der Waals surface area contributed by atoms with E-state index in [9.17, 15) is 69.2 Å². The molecule has 4 amide bonds. The number of terminal acetylenes is 3. The average molecular weight is 2040 g/mol. The number of alkyl halides is 1. The molecule has 2 fully saturated rings. The molecule has 142 heavy (non-hydrogen) atoms. The van der Waals surface area contributed by atoms with Gasteiger partial charge in [-0.25, -0.2) is 14.6 Å². The molecule has 4 aromatic carbocycles. The number of nitrogens with one attached hydrogen (secondary N) is 4. The van der Waals surface area contributed by atoms with Crippen molar-refractivity contribution < 1.29 is 111 Å². The smallest absolute Gasteiger partial charge is 0.299 e. The molecule has 760 valence electrons. The van der Waals surface area contributed by atoms with Crippen LogP contribution in [0.15, 0.2) is 150 Å². The molecule has 9 N–H and O–H groups in total. The number of ether oxygens (including phenoxy) is 10. The number of aromatic amines is 2. The molecule has 5 aromatic heterocycles. The van der Waals surface area contributed by atoms with Crippen LogP contribution in [0.4, 0.5) is 34.1 Å². The number of H-pyrrole nitrogens is 2. The summed E-state index contributed by atoms with van der Waals surface area (Å²) in [7, 11) is 0. The first-order chi connectivity index (χ1) is 68.8. The molecule has 2 saturated heterocycles. The topological polar surface area (TPSA) is 677 Å². The van der Waals surface area contributed by atoms with Gasteiger partial charge in [0, 0.05) is 141 Å². The van der Waals surface area contributed by atoms with Crippen LogP contribution < -0.4 is 25.8 Å². The van der Waals surface area contributed by atoms with Crippen molar-refractivity contribution in [2.24, 2.45) is 16.0 Å². The number of aliphatic hydroxyl groups excluding tert-OH is 3. The van der Waals surface area contributed by atoms with Gasteiger partial charge in [-0.15, -0.1) is 24.4 Å². The Labute approximate surface area is 822 Å². The van der Waals surface area contributed by atoms with Crippen LogP contribution in [-0.2, 0) is 60.6 Å². The number of nitrogens with two attached hydrogens (primary N) is 1. The van der Waals surface area contributed by atoms with Crippen LogP contribution in [0.2, 0.25) is 0 Å². The number of rotatable bonds is 50. The van der Waals surface area contributed by atoms with E-state index in [0.717, 1.165) is 6.07 Å². The maximum Gasteiger partial charge on any atom is 0.299 e. The highest BCUT2D eigenvalue weighted by atomic mass is 79.9. The van der Waals surface area contributed by atoms with E-state index in [1.165, 1.54) is 64.9 Å². The van der Waals surface area contributed by atoms with Gasteiger partial charge in [-0.05, 0) is 73.4 Å². The lowest BCUT2D eigenvalue weighted by Crippen LogP contribution is -2.56. The molecule has 0 unspecified atom stereocenters. The van der Waals surface area contributed by atoms with Crippen LogP contribution >= 0.6 is 15.9 Å². The number of halogens is 1. The van der Waals surface area contributed by atoms with Crippen molar-refractivity contribution in [2.45, 2.75) is 39.1 Å². The molecule has 0 bridgehead atoms. The highest BCUT2D eigenvalue weighted by Gasteiger charge is 2.37. The monoisotopic (exact) mass is 2040 g/mol. The number of fused-ring (bicyclic) bond motifs is 2. The molecular weight excluding hydrogens is 1930 g/mol. The number of ketones is 2. The van der Waals surface area contributed by atoms with Gasteiger partial charge in [0.05, 0.1) is 191 Å². The van der Waals surface area contributed by atoms with Gasteiger partial charge >= 0.3 is 0 Å². The molecule has 0 saturated carbocycles. The highest BCUT2D eigenvalue weighted by Crippen LogP contribution is 2.35. The third-order valence-electron chi connectivity index (χ3n) is 19.1. The zero-order chi connectivity index (χ0) is 104. The number of benzene rings is 4. The van der Waals surface area contributed by atoms with Crippen LogP contribution in [-0.4, -0.2) is 346 Å². The van der Waals surface area contributed by atoms with E-state index in [2.05, 4.69) is 99.4 Å². The van der Waals surface area contributed by atoms with Gasteiger partial charge in [0.25, 0.3) is 57.9 Å². The van der Waals surface area contributed by atoms with Crippen LogP contribution in [0, 0.1) is 77.5 Å². The summed E-state index contributed by atoms with van der Waals surface area (Å²) >= 11 is 3.01. The Morgan fingerprint density at radius 2 is 0.986 bits per heavy atom. The van der Waals surface area contributed by atoms with Crippen molar-refractivity contribution in [2.75, 3.05) is 220 Å². The van der Waals surface area contributed by atoms with E-state index >= 15 is 0 Å². The zero-order valence-corrected chi connectivity index (χ0v) is 79.4. The molecule has 9 aromatic rings. The second-order valence-electron chi connectivity index (χ2n) is 28.8. The first-order valence-corrected chi connectivity index (χ1v) is 44.8. The number of para-hydroxylation sites is 1. The predicted octanol–water partition coefficient (Wildman–Crippen LogP) is 7.56. The number of amides is 4. The lowest BCUT2D eigenvalue weighted by Gasteiger charge is -2.39. The summed E-state index contributed by atoms with van der Waals surface area (Å²) in [6.07, 6.45) is 22.3. The number of hydrogen-bond donors (Lipinski definition) is 8. The van der Waals surface area contributed by atoms with Crippen molar-refractivity contribution in [1.82, 2.24) is 54.5 Å². The number of aromatic nitrogens is 7. The quantitative estimate of drug-likeness (QED) is 0.00174. The number of pyridine rings is 2. The van der Waals surface area contributed by atoms with Gasteiger partial charge < -0.3 is 109 Å². The molecule has 0 aliphatic carbocycles. The summed E-state index contributed by atoms with van der Waals surface area (Å²) in [5.74, 6) is 4.80. The number of azide groups is 2. The largest absolute Gasteiger partial charge is 0.493 e. The fourth-order valence-corrected chi connectivity index (χ4v) is 12.7. The lowest BCUT2D eigenvalue weighted by atomic mass is 10.1. The second kappa shape index (κ2) is 68.7. The van der Waals surface area contributed by atoms with Gasteiger partial charge in [0.15, 0.2) is 5.69 Å². The summed E-state index contributed by atoms with van der Waals surface area (Å²) in [6.45, 7) is 12.7. The number of Topliss-reactive ketones (excluding diaryl/α,β-unsaturated/α-hetero) is 2. The summed E-state index contributed by atoms with van der Waals surface area (Å²) in [5, 5.41) is 90.1. The normalized spacial score (nSPS) is 12.6. The Bertz CT molecular complexity index is 5660. The first kappa shape index (κ1) is 117. The van der Waals surface area contributed by atoms with E-state index < -0.39 is 48.8 Å². The maximum absolute atomic E-state index is 13.6. The zero-order valence-electron chi connectivity index (χ0n) is 77.8. The van der Waals surface area contributed by atoms with E-state index in [1.54, 1.807) is 81.3 Å². The van der Waals surface area contributed by atoms with Gasteiger partial charge in [0.1, 0.15) is 54.0 Å². The van der Waals surface area contributed by atoms with Crippen molar-refractivity contribution >= 4 is 107 Å². The Morgan fingerprint density at radius 1 is 0.542 bits per heavy atom. The number of nitro groups is 4. The van der Waals surface area contributed by atoms with Crippen LogP contribution in [0.25, 0.3) is 43.0 Å². The third-order valence-corrected chi connectivity index (χ3v) is 19.4. The Kier molecular flexibility index (Phi) is 56.7. The molecule has 11 rings (SSSR count). The minimum Gasteiger partial charge on any atom is -0.493 e. The van der Waals surface area contributed by atoms with Crippen LogP contribution in [0.5, 0.6) is 11.5 Å². The maximum atomic E-state index is 13.6. The Hall–Kier alpha value is -15.3. The highest BCUT2D eigenvalue weighted by molar-refractivity contribution is 9.09. The SMILES string of the molecule is C#CCBr.C#CCOCCOCCN.C#CCOCCOCCNc1c([N+](=O)[O-])cccc1[N+](=O)[O-].C[C@@H]1CN(C(=O)c2ccccc2)CCN1C(=O)C(=O)c1c[nH]c2nccc(OCCN=[N+]=[N-])c12.C[C@@H]1CN(C(=O)c2ccccc2)CCN1C(=O)C(=O)c1c[nH]c2nccc(OCCn3cc(COCCOCCNc4ccc([N+](=O)[O-])cc4[N+](=O)[O-])nn3)c12.OCCOCCO.[N-]=[N+]=NCCOCCO. The van der Waals surface area contributed by atoms with Crippen LogP contribution in [0.1, 0.15) is 61.0 Å². The minimum absolute atomic E-state index is 0.0102. The minimum atomic E-state index is -0.708. The lowest BCUT2D eigenvalue weighted by molar-refractivity contribution is -0.393. The van der Waals surface area contributed by atoms with Crippen molar-refractivity contribution in [3.05, 3.63) is 229 Å². The number of hydrogen-bond acceptors (Lipinski definition) is 36. The second-order valence-corrected chi connectivity index (χ2v) is 29.4. The standard InChI is InChI=1S/C36H38N10O10.C23H23N7O4.C13H15N3O6.C7H13NO2.C4H9N3O2.C4H10O3.C3H3Br/c1-24-21-42(35(48)25-5-3-2-4-6-25)12-13-44(24)36(49)33(47)28-20-39-34-32(28)31(9-10-38-34)56-16-14-43-22-26(40-41-43)23-55-18-17-54-15-11-37-29-8-7-27(45(50)51)19-30(29)46(52)53;1-15-14-29(22(32)16-5-3-2-4-6-16)10-11-30(15)23(33)20(31)17-13-26-21-19(17)18(7-8-25-21)34-12-9-27-28-24;1-2-7-21-9-10-22-8-6-14-13-11(15(17)18)4-3-5-12(13)16(19)20;1-2-4-9-6-7-10-5-3-8;5-7-6-1-3-9-4-2-8;5-1-3-7-4-2-6;1-2-3-4/h2-10,19-20,22,24,37H,11-18,21,23H2,1H3,(H,38,39);2-8,13,15H,9-12,14H2,1H3,(H,25,26);1,3-5,14H,6-10H2;1H,3-8H2;8H,1-4H2;5-6H,1-4H2;1H,3H2/t24-;15-;;;;;/m11...../s1. The van der Waals surface area contributed by atoms with Crippen molar-refractivity contribution in [3.63, 3.8) is 0 Å². The van der Waals surface area contributed by atoms with Gasteiger partial charge in [-0.3, -0.25) is 69.2 Å². The van der Waals surface area contributed by atoms with E-state index in [-0.39, 0.29) is 169 Å². The van der Waals surface area contributed by atoms with Gasteiger partial charge in [0.2, 0.25) is 0 Å². The number of piperazine rings is 2. The Morgan fingerprint density at radius 3 is 1.43 bits per heavy atom. The number of carbonyl (C=O) groups excluding carboxylic acids is 6. The number of nitrogens with zero attached hydrogens (tertiary/aromatic N) is 19. The molecule has 0 spiro atoms. The molecule has 52 heteroatoms. The third kappa shape index (κ3) is 41.0. The molecule has 2 atom stereocenters. The summed E-state index contributed by atoms with van der Waals surface area (Å²) < 4.78 is 53.9. The average Bonchev–Trinajstić information content (AvgIpc) is 1.62. The van der Waals surface area contributed by atoms with E-state index in [1.807, 2.05) is 26.0 Å². The molecule has 7 heterocycles. The number of anilines is 2. The fraction of sp³-hybridized carbons (Fsp3) is 0.422. The number of carbonyl (C=O) groups is 6. The van der Waals surface area contributed by atoms with E-state index in [0.29, 0.717) is 168 Å². The summed E-state index contributed by atoms with van der Waals surface area (Å²) in [5.41, 5.74) is 22.7. The molecule has 2 aliphatic heterocycles. The van der Waals surface area contributed by atoms with Gasteiger partial charge in [-0.2, -0.15) is 0 Å². The Balaban J connectivity index is 0.000000348. The molecular formula is C90H111BrN24O27. The summed E-state index contributed by atoms with van der Waals surface area (Å²) in [6, 6.07) is 27.4. The van der Waals surface area contributed by atoms with Crippen molar-refractivity contribution in [1.29, 1.82) is 0 Å².